The molecule has 2 aromatic heterocycles. The number of hydrogen-bond donors (Lipinski definition) is 2. The van der Waals surface area contributed by atoms with E-state index in [1.165, 1.54) is 4.90 Å². The molecule has 3 aliphatic rings. The van der Waals surface area contributed by atoms with Gasteiger partial charge in [-0.1, -0.05) is 0 Å². The Morgan fingerprint density at radius 1 is 1.14 bits per heavy atom. The Bertz CT molecular complexity index is 1680. The molecule has 9 nitrogen and oxygen atoms in total. The van der Waals surface area contributed by atoms with Gasteiger partial charge < -0.3 is 20.3 Å². The Balaban J connectivity index is 1.44. The van der Waals surface area contributed by atoms with E-state index < -0.39 is 38.8 Å². The van der Waals surface area contributed by atoms with Gasteiger partial charge in [0.1, 0.15) is 21.8 Å². The minimum atomic E-state index is -4.82. The number of ether oxygens (including phenoxy) is 1. The minimum absolute atomic E-state index is 0.0401. The highest BCUT2D eigenvalue weighted by Gasteiger charge is 2.41. The zero-order chi connectivity index (χ0) is 30.0. The van der Waals surface area contributed by atoms with Gasteiger partial charge in [-0.3, -0.25) is 4.79 Å². The molecule has 42 heavy (non-hydrogen) atoms. The van der Waals surface area contributed by atoms with Crippen molar-refractivity contribution in [2.45, 2.75) is 69.3 Å². The zero-order valence-corrected chi connectivity index (χ0v) is 24.9. The lowest BCUT2D eigenvalue weighted by molar-refractivity contribution is -0.137. The molecule has 0 unspecified atom stereocenters. The molecular weight excluding hydrogens is 591 g/mol. The average Bonchev–Trinajstić information content (AvgIpc) is 3.64. The highest BCUT2D eigenvalue weighted by molar-refractivity contribution is 7.91. The number of benzene rings is 1. The Labute approximate surface area is 245 Å². The Morgan fingerprint density at radius 3 is 2.60 bits per heavy atom. The van der Waals surface area contributed by atoms with Crippen molar-refractivity contribution < 1.29 is 31.1 Å². The smallest absolute Gasteiger partial charge is 0.420 e. The predicted octanol–water partition coefficient (Wildman–Crippen LogP) is 5.18. The Hall–Kier alpha value is -3.23. The van der Waals surface area contributed by atoms with Crippen molar-refractivity contribution >= 4 is 38.7 Å². The number of aromatic nitrogens is 2. The molecule has 1 aromatic carbocycles. The molecule has 224 valence electrons. The summed E-state index contributed by atoms with van der Waals surface area (Å²) in [6.07, 6.45) is -1.83. The van der Waals surface area contributed by atoms with Gasteiger partial charge in [0.25, 0.3) is 5.91 Å². The summed E-state index contributed by atoms with van der Waals surface area (Å²) in [5, 5.41) is 6.35. The zero-order valence-electron chi connectivity index (χ0n) is 23.3. The number of sulfone groups is 1. The van der Waals surface area contributed by atoms with Crippen LogP contribution in [0.2, 0.25) is 0 Å². The lowest BCUT2D eigenvalue weighted by Gasteiger charge is -2.26. The van der Waals surface area contributed by atoms with Crippen LogP contribution in [0.4, 0.5) is 24.8 Å². The second kappa shape index (κ2) is 10.2. The molecule has 0 radical (unpaired) electrons. The number of thiophene rings is 1. The van der Waals surface area contributed by atoms with Crippen LogP contribution in [0.5, 0.6) is 5.75 Å². The van der Waals surface area contributed by atoms with Crippen LogP contribution >= 0.6 is 11.3 Å². The van der Waals surface area contributed by atoms with Gasteiger partial charge in [-0.05, 0) is 75.9 Å². The van der Waals surface area contributed by atoms with Gasteiger partial charge in [-0.25, -0.2) is 18.4 Å². The summed E-state index contributed by atoms with van der Waals surface area (Å²) in [6.45, 7) is 7.19. The molecule has 0 bridgehead atoms. The van der Waals surface area contributed by atoms with Gasteiger partial charge >= 0.3 is 6.18 Å². The molecule has 0 spiro atoms. The standard InChI is InChI=1S/C28H30F3N5O4S2/c1-27(2,3)40-20-11-16-13-32-7-6-15(16)10-19(20)34-26-33-14-18(28(29,30)31)23(35-26)21-12-22-24(41-21)25(37)36(17-4-5-17)8-9-42(22,38)39/h10-12,14,17,32H,4-9,13H2,1-3H3,(H,33,34,35). The van der Waals surface area contributed by atoms with Gasteiger partial charge in [-0.15, -0.1) is 11.3 Å². The first-order valence-corrected chi connectivity index (χ1v) is 16.1. The lowest BCUT2D eigenvalue weighted by Crippen LogP contribution is -2.34. The van der Waals surface area contributed by atoms with Crippen LogP contribution < -0.4 is 15.4 Å². The van der Waals surface area contributed by atoms with Crippen LogP contribution in [0.15, 0.2) is 29.3 Å². The Kier molecular flexibility index (Phi) is 7.01. The van der Waals surface area contributed by atoms with Crippen molar-refractivity contribution in [3.05, 3.63) is 46.0 Å². The molecule has 4 heterocycles. The molecule has 2 aliphatic heterocycles. The average molecular weight is 622 g/mol. The molecule has 3 aromatic rings. The highest BCUT2D eigenvalue weighted by atomic mass is 32.2. The van der Waals surface area contributed by atoms with Crippen LogP contribution in [-0.4, -0.2) is 59.7 Å². The van der Waals surface area contributed by atoms with E-state index in [1.54, 1.807) is 0 Å². The Morgan fingerprint density at radius 2 is 1.90 bits per heavy atom. The molecule has 1 saturated carbocycles. The number of nitrogens with zero attached hydrogens (tertiary/aromatic N) is 3. The number of amides is 1. The number of carbonyl (C=O) groups excluding carboxylic acids is 1. The van der Waals surface area contributed by atoms with Gasteiger partial charge in [0.05, 0.1) is 26.9 Å². The molecule has 1 fully saturated rings. The first-order chi connectivity index (χ1) is 19.7. The van der Waals surface area contributed by atoms with E-state index in [0.717, 1.165) is 43.0 Å². The molecule has 1 amide bonds. The van der Waals surface area contributed by atoms with Gasteiger partial charge in [0.2, 0.25) is 5.95 Å². The van der Waals surface area contributed by atoms with E-state index in [2.05, 4.69) is 20.6 Å². The summed E-state index contributed by atoms with van der Waals surface area (Å²) in [4.78, 5) is 22.6. The van der Waals surface area contributed by atoms with Crippen molar-refractivity contribution in [3.8, 4) is 16.3 Å². The van der Waals surface area contributed by atoms with Crippen molar-refractivity contribution in [2.24, 2.45) is 0 Å². The summed E-state index contributed by atoms with van der Waals surface area (Å²) in [6, 6.07) is 4.90. The highest BCUT2D eigenvalue weighted by Crippen LogP contribution is 2.43. The van der Waals surface area contributed by atoms with E-state index in [0.29, 0.717) is 35.5 Å². The third-order valence-corrected chi connectivity index (χ3v) is 10.2. The largest absolute Gasteiger partial charge is 0.486 e. The minimum Gasteiger partial charge on any atom is -0.486 e. The number of halogens is 3. The quantitative estimate of drug-likeness (QED) is 0.401. The van der Waals surface area contributed by atoms with Crippen LogP contribution in [0.3, 0.4) is 0 Å². The monoisotopic (exact) mass is 621 g/mol. The summed E-state index contributed by atoms with van der Waals surface area (Å²) in [5.74, 6) is -0.387. The second-order valence-electron chi connectivity index (χ2n) is 11.7. The number of nitrogens with one attached hydrogen (secondary N) is 2. The van der Waals surface area contributed by atoms with Crippen molar-refractivity contribution in [2.75, 3.05) is 24.2 Å². The number of alkyl halides is 3. The number of carbonyl (C=O) groups is 1. The van der Waals surface area contributed by atoms with Crippen LogP contribution in [0.25, 0.3) is 10.6 Å². The maximum Gasteiger partial charge on any atom is 0.420 e. The number of rotatable bonds is 5. The SMILES string of the molecule is CC(C)(C)Oc1cc2c(cc1Nc1ncc(C(F)(F)F)c(-c3cc4c(s3)C(=O)N(C3CC3)CCS4(=O)=O)n1)CCNC2. The molecule has 2 N–H and O–H groups in total. The summed E-state index contributed by atoms with van der Waals surface area (Å²) in [5.41, 5.74) is 0.438. The fourth-order valence-electron chi connectivity index (χ4n) is 5.15. The number of anilines is 2. The molecule has 1 aliphatic carbocycles. The first-order valence-electron chi connectivity index (χ1n) is 13.6. The van der Waals surface area contributed by atoms with Gasteiger partial charge in [0.15, 0.2) is 9.84 Å². The summed E-state index contributed by atoms with van der Waals surface area (Å²) < 4.78 is 74.8. The number of hydrogen-bond acceptors (Lipinski definition) is 9. The second-order valence-corrected chi connectivity index (χ2v) is 14.8. The van der Waals surface area contributed by atoms with Crippen LogP contribution in [-0.2, 0) is 29.0 Å². The van der Waals surface area contributed by atoms with E-state index >= 15 is 0 Å². The molecule has 6 rings (SSSR count). The molecule has 0 atom stereocenters. The van der Waals surface area contributed by atoms with Crippen molar-refractivity contribution in [1.29, 1.82) is 0 Å². The van der Waals surface area contributed by atoms with Gasteiger partial charge in [0, 0.05) is 25.3 Å². The molecule has 0 saturated heterocycles. The first kappa shape index (κ1) is 28.9. The van der Waals surface area contributed by atoms with E-state index in [4.69, 9.17) is 4.74 Å². The molecule has 14 heteroatoms. The third kappa shape index (κ3) is 5.71. The summed E-state index contributed by atoms with van der Waals surface area (Å²) in [7, 11) is -3.89. The van der Waals surface area contributed by atoms with E-state index in [-0.39, 0.29) is 38.9 Å². The molecular formula is C28H30F3N5O4S2. The van der Waals surface area contributed by atoms with E-state index in [1.807, 2.05) is 32.9 Å². The third-order valence-electron chi connectivity index (χ3n) is 7.26. The topological polar surface area (TPSA) is 114 Å². The van der Waals surface area contributed by atoms with Crippen LogP contribution in [0, 0.1) is 0 Å². The van der Waals surface area contributed by atoms with Crippen molar-refractivity contribution in [1.82, 2.24) is 20.2 Å². The number of fused-ring (bicyclic) bond motifs is 2. The van der Waals surface area contributed by atoms with Gasteiger partial charge in [-0.2, -0.15) is 13.2 Å². The lowest BCUT2D eigenvalue weighted by atomic mass is 9.99. The maximum absolute atomic E-state index is 14.2. The van der Waals surface area contributed by atoms with Crippen LogP contribution in [0.1, 0.15) is 60.0 Å². The predicted molar refractivity (Wildman–Crippen MR) is 152 cm³/mol. The normalized spacial score (nSPS) is 18.7. The fraction of sp³-hybridized carbons (Fsp3) is 0.464. The van der Waals surface area contributed by atoms with E-state index in [9.17, 15) is 26.4 Å². The maximum atomic E-state index is 14.2. The van der Waals surface area contributed by atoms with Crippen molar-refractivity contribution in [3.63, 3.8) is 0 Å². The summed E-state index contributed by atoms with van der Waals surface area (Å²) >= 11 is 0.716. The fourth-order valence-corrected chi connectivity index (χ4v) is 8.06.